The Bertz CT molecular complexity index is 1230. The number of aryl methyl sites for hydroxylation is 1. The van der Waals surface area contributed by atoms with E-state index in [1.165, 1.54) is 9.80 Å². The highest BCUT2D eigenvalue weighted by Crippen LogP contribution is 2.38. The third kappa shape index (κ3) is 5.63. The van der Waals surface area contributed by atoms with Gasteiger partial charge in [0.2, 0.25) is 5.91 Å². The second-order valence-electron chi connectivity index (χ2n) is 11.1. The number of pyridine rings is 1. The summed E-state index contributed by atoms with van der Waals surface area (Å²) < 4.78 is 0. The molecule has 9 nitrogen and oxygen atoms in total. The van der Waals surface area contributed by atoms with Gasteiger partial charge in [0.1, 0.15) is 6.04 Å². The predicted molar refractivity (Wildman–Crippen MR) is 142 cm³/mol. The van der Waals surface area contributed by atoms with Crippen LogP contribution in [0.5, 0.6) is 0 Å². The third-order valence-corrected chi connectivity index (χ3v) is 7.73. The Kier molecular flexibility index (Phi) is 7.99. The van der Waals surface area contributed by atoms with Crippen LogP contribution < -0.4 is 5.32 Å². The normalized spacial score (nSPS) is 21.1. The molecule has 2 heterocycles. The number of aromatic nitrogens is 1. The molecule has 2 atom stereocenters. The molecule has 10 heteroatoms. The molecule has 1 aromatic heterocycles. The number of hydrogen-bond donors (Lipinski definition) is 3. The van der Waals surface area contributed by atoms with E-state index >= 15 is 0 Å². The predicted octanol–water partition coefficient (Wildman–Crippen LogP) is 3.84. The molecule has 204 valence electrons. The molecule has 3 N–H and O–H groups in total. The maximum atomic E-state index is 13.6. The number of amides is 3. The van der Waals surface area contributed by atoms with Crippen molar-refractivity contribution in [1.29, 1.82) is 0 Å². The first-order valence-electron chi connectivity index (χ1n) is 12.9. The van der Waals surface area contributed by atoms with E-state index in [0.717, 1.165) is 17.5 Å². The summed E-state index contributed by atoms with van der Waals surface area (Å²) in [5.74, 6) is -0.768. The van der Waals surface area contributed by atoms with Crippen LogP contribution in [0.25, 0.3) is 0 Å². The van der Waals surface area contributed by atoms with Gasteiger partial charge in [0, 0.05) is 42.6 Å². The summed E-state index contributed by atoms with van der Waals surface area (Å²) in [5, 5.41) is 24.6. The van der Waals surface area contributed by atoms with Gasteiger partial charge in [-0.2, -0.15) is 0 Å². The smallest absolute Gasteiger partial charge is 0.408 e. The van der Waals surface area contributed by atoms with Gasteiger partial charge in [-0.1, -0.05) is 17.7 Å². The number of nitrogens with one attached hydrogen (secondary N) is 1. The SMILES string of the molecule is CC(C)(C)N(Cc1ccc(Cl)cc1CNC(=O)[C@@H]1CCCN1C(=O)C1(O)CCCc2cnccc21)C(=O)O. The third-order valence-electron chi connectivity index (χ3n) is 7.49. The van der Waals surface area contributed by atoms with Crippen molar-refractivity contribution in [1.82, 2.24) is 20.1 Å². The van der Waals surface area contributed by atoms with Crippen molar-refractivity contribution in [2.45, 2.75) is 83.1 Å². The topological polar surface area (TPSA) is 123 Å². The molecule has 0 radical (unpaired) electrons. The molecular weight excluding hydrogens is 508 g/mol. The minimum absolute atomic E-state index is 0.129. The molecule has 4 rings (SSSR count). The number of carboxylic acid groups (broad SMARTS) is 1. The van der Waals surface area contributed by atoms with Crippen molar-refractivity contribution >= 4 is 29.5 Å². The number of fused-ring (bicyclic) bond motifs is 1. The summed E-state index contributed by atoms with van der Waals surface area (Å²) in [6.45, 7) is 6.11. The van der Waals surface area contributed by atoms with Crippen LogP contribution in [0.1, 0.15) is 68.7 Å². The molecule has 1 aliphatic heterocycles. The summed E-state index contributed by atoms with van der Waals surface area (Å²) in [7, 11) is 0. The Balaban J connectivity index is 1.50. The molecule has 0 bridgehead atoms. The van der Waals surface area contributed by atoms with E-state index in [-0.39, 0.29) is 19.0 Å². The van der Waals surface area contributed by atoms with Crippen LogP contribution in [0, 0.1) is 0 Å². The lowest BCUT2D eigenvalue weighted by Crippen LogP contribution is -2.53. The van der Waals surface area contributed by atoms with Gasteiger partial charge in [0.25, 0.3) is 5.91 Å². The van der Waals surface area contributed by atoms with Gasteiger partial charge in [0.15, 0.2) is 5.60 Å². The standard InChI is InChI=1S/C28H35ClN4O5/c1-27(2,3)33(26(36)37)17-19-8-9-21(29)14-20(19)16-31-24(34)23-7-5-13-32(23)25(35)28(38)11-4-6-18-15-30-12-10-22(18)28/h8-10,12,14-15,23,38H,4-7,11,13,16-17H2,1-3H3,(H,31,34)(H,36,37)/t23-,28?/m0/s1. The number of likely N-dealkylation sites (tertiary alicyclic amines) is 1. The van der Waals surface area contributed by atoms with E-state index in [0.29, 0.717) is 48.4 Å². The maximum Gasteiger partial charge on any atom is 0.408 e. The molecule has 2 aromatic rings. The average Bonchev–Trinajstić information content (AvgIpc) is 3.35. The Hall–Kier alpha value is -3.17. The molecule has 1 aromatic carbocycles. The lowest BCUT2D eigenvalue weighted by Gasteiger charge is -2.37. The molecular formula is C28H35ClN4O5. The van der Waals surface area contributed by atoms with Gasteiger partial charge in [-0.05, 0) is 93.3 Å². The number of aliphatic hydroxyl groups is 1. The van der Waals surface area contributed by atoms with Gasteiger partial charge in [-0.25, -0.2) is 4.79 Å². The Morgan fingerprint density at radius 2 is 1.97 bits per heavy atom. The molecule has 0 saturated carbocycles. The minimum Gasteiger partial charge on any atom is -0.465 e. The van der Waals surface area contributed by atoms with Gasteiger partial charge < -0.3 is 20.4 Å². The number of hydrogen-bond acceptors (Lipinski definition) is 5. The van der Waals surface area contributed by atoms with Crippen molar-refractivity contribution in [3.8, 4) is 0 Å². The van der Waals surface area contributed by atoms with E-state index < -0.39 is 29.2 Å². The largest absolute Gasteiger partial charge is 0.465 e. The van der Waals surface area contributed by atoms with Crippen LogP contribution in [0.3, 0.4) is 0 Å². The van der Waals surface area contributed by atoms with Crippen LogP contribution >= 0.6 is 11.6 Å². The molecule has 38 heavy (non-hydrogen) atoms. The fourth-order valence-corrected chi connectivity index (χ4v) is 5.61. The van der Waals surface area contributed by atoms with Crippen LogP contribution in [-0.4, -0.2) is 61.0 Å². The average molecular weight is 543 g/mol. The maximum absolute atomic E-state index is 13.6. The zero-order valence-corrected chi connectivity index (χ0v) is 22.8. The monoisotopic (exact) mass is 542 g/mol. The summed E-state index contributed by atoms with van der Waals surface area (Å²) in [6.07, 6.45) is 5.08. The molecule has 2 aliphatic rings. The van der Waals surface area contributed by atoms with Gasteiger partial charge >= 0.3 is 6.09 Å². The summed E-state index contributed by atoms with van der Waals surface area (Å²) in [6, 6.07) is 6.16. The summed E-state index contributed by atoms with van der Waals surface area (Å²) in [5.41, 5.74) is 0.559. The van der Waals surface area contributed by atoms with Crippen molar-refractivity contribution < 1.29 is 24.6 Å². The number of rotatable bonds is 6. The first-order valence-corrected chi connectivity index (χ1v) is 13.3. The Morgan fingerprint density at radius 1 is 1.21 bits per heavy atom. The van der Waals surface area contributed by atoms with Crippen molar-refractivity contribution in [3.05, 3.63) is 63.9 Å². The van der Waals surface area contributed by atoms with E-state index in [4.69, 9.17) is 11.6 Å². The van der Waals surface area contributed by atoms with Crippen LogP contribution in [-0.2, 0) is 34.7 Å². The lowest BCUT2D eigenvalue weighted by molar-refractivity contribution is -0.157. The first kappa shape index (κ1) is 27.9. The number of carbonyl (C=O) groups excluding carboxylic acids is 2. The van der Waals surface area contributed by atoms with Crippen LogP contribution in [0.2, 0.25) is 5.02 Å². The molecule has 1 unspecified atom stereocenters. The molecule has 1 fully saturated rings. The van der Waals surface area contributed by atoms with E-state index in [2.05, 4.69) is 10.3 Å². The van der Waals surface area contributed by atoms with E-state index in [1.807, 2.05) is 20.8 Å². The lowest BCUT2D eigenvalue weighted by atomic mass is 9.79. The highest BCUT2D eigenvalue weighted by atomic mass is 35.5. The van der Waals surface area contributed by atoms with Crippen molar-refractivity contribution in [2.75, 3.05) is 6.54 Å². The molecule has 0 spiro atoms. The Morgan fingerprint density at radius 3 is 2.68 bits per heavy atom. The van der Waals surface area contributed by atoms with E-state index in [1.54, 1.807) is 36.7 Å². The summed E-state index contributed by atoms with van der Waals surface area (Å²) >= 11 is 6.23. The fourth-order valence-electron chi connectivity index (χ4n) is 5.42. The molecule has 1 saturated heterocycles. The van der Waals surface area contributed by atoms with Gasteiger partial charge in [-0.3, -0.25) is 19.5 Å². The highest BCUT2D eigenvalue weighted by molar-refractivity contribution is 6.30. The quantitative estimate of drug-likeness (QED) is 0.509. The van der Waals surface area contributed by atoms with E-state index in [9.17, 15) is 24.6 Å². The van der Waals surface area contributed by atoms with Crippen LogP contribution in [0.15, 0.2) is 36.7 Å². The summed E-state index contributed by atoms with van der Waals surface area (Å²) in [4.78, 5) is 45.8. The fraction of sp³-hybridized carbons (Fsp3) is 0.500. The molecule has 1 aliphatic carbocycles. The minimum atomic E-state index is -1.67. The number of carbonyl (C=O) groups is 3. The molecule has 3 amide bonds. The van der Waals surface area contributed by atoms with Crippen molar-refractivity contribution in [3.63, 3.8) is 0 Å². The van der Waals surface area contributed by atoms with Crippen molar-refractivity contribution in [2.24, 2.45) is 0 Å². The number of halogens is 1. The zero-order chi connectivity index (χ0) is 27.7. The Labute approximate surface area is 227 Å². The second-order valence-corrected chi connectivity index (χ2v) is 11.5. The van der Waals surface area contributed by atoms with Crippen LogP contribution in [0.4, 0.5) is 4.79 Å². The number of nitrogens with zero attached hydrogens (tertiary/aromatic N) is 3. The second kappa shape index (κ2) is 10.9. The highest BCUT2D eigenvalue weighted by Gasteiger charge is 2.47. The first-order chi connectivity index (χ1) is 17.9. The van der Waals surface area contributed by atoms with Gasteiger partial charge in [0.05, 0.1) is 0 Å². The number of benzene rings is 1. The zero-order valence-electron chi connectivity index (χ0n) is 22.0. The van der Waals surface area contributed by atoms with Gasteiger partial charge in [-0.15, -0.1) is 0 Å².